The predicted octanol–water partition coefficient (Wildman–Crippen LogP) is 3.84. The molecule has 0 aliphatic carbocycles. The largest absolute Gasteiger partial charge is 0.497 e. The molecule has 3 aromatic rings. The van der Waals surface area contributed by atoms with E-state index >= 15 is 0 Å². The van der Waals surface area contributed by atoms with E-state index in [2.05, 4.69) is 0 Å². The first-order valence-corrected chi connectivity index (χ1v) is 11.2. The van der Waals surface area contributed by atoms with Crippen molar-refractivity contribution in [3.8, 4) is 5.75 Å². The summed E-state index contributed by atoms with van der Waals surface area (Å²) < 4.78 is 16.1. The van der Waals surface area contributed by atoms with Gasteiger partial charge in [-0.05, 0) is 42.3 Å². The molecule has 0 N–H and O–H groups in total. The van der Waals surface area contributed by atoms with Crippen molar-refractivity contribution >= 4 is 11.8 Å². The van der Waals surface area contributed by atoms with Crippen LogP contribution in [0.2, 0.25) is 0 Å². The van der Waals surface area contributed by atoms with Gasteiger partial charge in [-0.3, -0.25) is 9.59 Å². The van der Waals surface area contributed by atoms with E-state index in [1.54, 1.807) is 24.0 Å². The van der Waals surface area contributed by atoms with Crippen molar-refractivity contribution in [2.24, 2.45) is 0 Å². The summed E-state index contributed by atoms with van der Waals surface area (Å²) in [4.78, 5) is 29.8. The van der Waals surface area contributed by atoms with Crippen LogP contribution in [0.1, 0.15) is 22.6 Å². The predicted molar refractivity (Wildman–Crippen MR) is 129 cm³/mol. The summed E-state index contributed by atoms with van der Waals surface area (Å²) in [6.07, 6.45) is 0.192. The van der Waals surface area contributed by atoms with Crippen LogP contribution in [0.15, 0.2) is 71.1 Å². The zero-order valence-corrected chi connectivity index (χ0v) is 20.0. The number of amides is 2. The lowest BCUT2D eigenvalue weighted by atomic mass is 10.1. The number of rotatable bonds is 12. The number of hydrogen-bond acceptors (Lipinski definition) is 5. The molecule has 34 heavy (non-hydrogen) atoms. The number of carbonyl (C=O) groups is 2. The maximum absolute atomic E-state index is 13.4. The van der Waals surface area contributed by atoms with Gasteiger partial charge in [-0.25, -0.2) is 0 Å². The zero-order chi connectivity index (χ0) is 24.3. The van der Waals surface area contributed by atoms with Crippen LogP contribution in [0.4, 0.5) is 0 Å². The normalized spacial score (nSPS) is 10.7. The zero-order valence-electron chi connectivity index (χ0n) is 20.0. The second-order valence-electron chi connectivity index (χ2n) is 8.08. The molecule has 7 nitrogen and oxygen atoms in total. The van der Waals surface area contributed by atoms with Gasteiger partial charge in [-0.2, -0.15) is 0 Å². The fourth-order valence-corrected chi connectivity index (χ4v) is 3.58. The number of aryl methyl sites for hydroxylation is 1. The lowest BCUT2D eigenvalue weighted by Crippen LogP contribution is -2.44. The van der Waals surface area contributed by atoms with E-state index in [0.29, 0.717) is 32.0 Å². The SMILES string of the molecule is COCCN(CC(=O)N(Cc1ccccc1)Cc1ccc(C)o1)C(=O)Cc1ccc(OC)cc1. The Bertz CT molecular complexity index is 1050. The summed E-state index contributed by atoms with van der Waals surface area (Å²) in [7, 11) is 3.18. The molecule has 0 spiro atoms. The van der Waals surface area contributed by atoms with Crippen molar-refractivity contribution in [2.75, 3.05) is 33.9 Å². The molecular weight excluding hydrogens is 432 g/mol. The fourth-order valence-electron chi connectivity index (χ4n) is 3.58. The van der Waals surface area contributed by atoms with Crippen molar-refractivity contribution in [1.29, 1.82) is 0 Å². The van der Waals surface area contributed by atoms with Crippen molar-refractivity contribution in [3.05, 3.63) is 89.4 Å². The van der Waals surface area contributed by atoms with Crippen LogP contribution < -0.4 is 4.74 Å². The summed E-state index contributed by atoms with van der Waals surface area (Å²) in [5, 5.41) is 0. The lowest BCUT2D eigenvalue weighted by molar-refractivity contribution is -0.141. The van der Waals surface area contributed by atoms with Crippen molar-refractivity contribution < 1.29 is 23.5 Å². The molecule has 0 aliphatic heterocycles. The van der Waals surface area contributed by atoms with E-state index in [1.165, 1.54) is 0 Å². The topological polar surface area (TPSA) is 72.2 Å². The second-order valence-corrected chi connectivity index (χ2v) is 8.08. The standard InChI is InChI=1S/C27H32N2O5/c1-21-9-12-25(34-21)19-29(18-23-7-5-4-6-8-23)27(31)20-28(15-16-32-2)26(30)17-22-10-13-24(33-3)14-11-22/h4-14H,15-20H2,1-3H3. The van der Waals surface area contributed by atoms with Gasteiger partial charge in [0.05, 0.1) is 33.2 Å². The van der Waals surface area contributed by atoms with Crippen molar-refractivity contribution in [1.82, 2.24) is 9.80 Å². The highest BCUT2D eigenvalue weighted by Gasteiger charge is 2.23. The van der Waals surface area contributed by atoms with Crippen LogP contribution in [-0.4, -0.2) is 55.5 Å². The third-order valence-corrected chi connectivity index (χ3v) is 5.47. The van der Waals surface area contributed by atoms with Crippen LogP contribution in [-0.2, 0) is 33.8 Å². The molecule has 1 aromatic heterocycles. The highest BCUT2D eigenvalue weighted by atomic mass is 16.5. The van der Waals surface area contributed by atoms with Crippen LogP contribution in [0.25, 0.3) is 0 Å². The lowest BCUT2D eigenvalue weighted by Gasteiger charge is -2.27. The quantitative estimate of drug-likeness (QED) is 0.407. The minimum atomic E-state index is -0.155. The molecule has 0 radical (unpaired) electrons. The molecule has 3 rings (SSSR count). The van der Waals surface area contributed by atoms with Crippen LogP contribution in [0, 0.1) is 6.92 Å². The van der Waals surface area contributed by atoms with Gasteiger partial charge >= 0.3 is 0 Å². The average molecular weight is 465 g/mol. The Morgan fingerprint density at radius 1 is 0.824 bits per heavy atom. The highest BCUT2D eigenvalue weighted by molar-refractivity contribution is 5.86. The summed E-state index contributed by atoms with van der Waals surface area (Å²) in [5.74, 6) is 1.93. The number of methoxy groups -OCH3 is 2. The Kier molecular flexibility index (Phi) is 9.29. The Morgan fingerprint density at radius 3 is 2.18 bits per heavy atom. The molecule has 0 fully saturated rings. The molecular formula is C27H32N2O5. The van der Waals surface area contributed by atoms with E-state index < -0.39 is 0 Å². The van der Waals surface area contributed by atoms with Gasteiger partial charge in [-0.1, -0.05) is 42.5 Å². The van der Waals surface area contributed by atoms with Gasteiger partial charge in [0.25, 0.3) is 0 Å². The number of hydrogen-bond donors (Lipinski definition) is 0. The number of nitrogens with zero attached hydrogens (tertiary/aromatic N) is 2. The second kappa shape index (κ2) is 12.6. The summed E-state index contributed by atoms with van der Waals surface area (Å²) in [6.45, 7) is 3.26. The average Bonchev–Trinajstić information content (AvgIpc) is 3.26. The maximum atomic E-state index is 13.4. The summed E-state index contributed by atoms with van der Waals surface area (Å²) >= 11 is 0. The molecule has 0 unspecified atom stereocenters. The number of carbonyl (C=O) groups excluding carboxylic acids is 2. The van der Waals surface area contributed by atoms with Crippen molar-refractivity contribution in [2.45, 2.75) is 26.4 Å². The molecule has 2 amide bonds. The van der Waals surface area contributed by atoms with Gasteiger partial charge in [-0.15, -0.1) is 0 Å². The van der Waals surface area contributed by atoms with Crippen LogP contribution in [0.5, 0.6) is 5.75 Å². The van der Waals surface area contributed by atoms with Crippen LogP contribution >= 0.6 is 0 Å². The van der Waals surface area contributed by atoms with Gasteiger partial charge in [0.2, 0.25) is 11.8 Å². The number of ether oxygens (including phenoxy) is 2. The van der Waals surface area contributed by atoms with Gasteiger partial charge < -0.3 is 23.7 Å². The highest BCUT2D eigenvalue weighted by Crippen LogP contribution is 2.15. The summed E-state index contributed by atoms with van der Waals surface area (Å²) in [5.41, 5.74) is 1.86. The van der Waals surface area contributed by atoms with Crippen molar-refractivity contribution in [3.63, 3.8) is 0 Å². The Morgan fingerprint density at radius 2 is 1.56 bits per heavy atom. The molecule has 0 atom stereocenters. The monoisotopic (exact) mass is 464 g/mol. The van der Waals surface area contributed by atoms with E-state index in [4.69, 9.17) is 13.9 Å². The molecule has 7 heteroatoms. The molecule has 2 aromatic carbocycles. The molecule has 0 saturated carbocycles. The molecule has 0 bridgehead atoms. The molecule has 180 valence electrons. The molecule has 0 saturated heterocycles. The van der Waals surface area contributed by atoms with E-state index in [9.17, 15) is 9.59 Å². The van der Waals surface area contributed by atoms with Gasteiger partial charge in [0.15, 0.2) is 0 Å². The van der Waals surface area contributed by atoms with Gasteiger partial charge in [0.1, 0.15) is 17.3 Å². The van der Waals surface area contributed by atoms with E-state index in [0.717, 1.165) is 22.6 Å². The molecule has 0 aliphatic rings. The first-order valence-electron chi connectivity index (χ1n) is 11.2. The maximum Gasteiger partial charge on any atom is 0.242 e. The smallest absolute Gasteiger partial charge is 0.242 e. The third kappa shape index (κ3) is 7.49. The Hall–Kier alpha value is -3.58. The van der Waals surface area contributed by atoms with Gasteiger partial charge in [0, 0.05) is 20.2 Å². The first kappa shape index (κ1) is 25.1. The first-order chi connectivity index (χ1) is 16.5. The molecule has 1 heterocycles. The fraction of sp³-hybridized carbons (Fsp3) is 0.333. The number of furan rings is 1. The third-order valence-electron chi connectivity index (χ3n) is 5.47. The Balaban J connectivity index is 1.73. The van der Waals surface area contributed by atoms with E-state index in [1.807, 2.05) is 73.7 Å². The van der Waals surface area contributed by atoms with E-state index in [-0.39, 0.29) is 24.8 Å². The minimum absolute atomic E-state index is 0.0368. The minimum Gasteiger partial charge on any atom is -0.497 e. The number of benzene rings is 2. The summed E-state index contributed by atoms with van der Waals surface area (Å²) in [6, 6.07) is 20.9. The Labute approximate surface area is 200 Å². The van der Waals surface area contributed by atoms with Crippen LogP contribution in [0.3, 0.4) is 0 Å².